The van der Waals surface area contributed by atoms with Crippen LogP contribution in [0.3, 0.4) is 0 Å². The summed E-state index contributed by atoms with van der Waals surface area (Å²) in [6, 6.07) is 10.5. The monoisotopic (exact) mass is 329 g/mol. The van der Waals surface area contributed by atoms with Crippen LogP contribution in [-0.2, 0) is 11.3 Å². The fourth-order valence-corrected chi connectivity index (χ4v) is 3.83. The van der Waals surface area contributed by atoms with Crippen molar-refractivity contribution in [3.05, 3.63) is 40.7 Å². The van der Waals surface area contributed by atoms with Crippen LogP contribution in [0.4, 0.5) is 0 Å². The summed E-state index contributed by atoms with van der Waals surface area (Å²) in [7, 11) is 0. The molecular formula is C18H23N3OS. The van der Waals surface area contributed by atoms with Crippen LogP contribution in [0.1, 0.15) is 31.2 Å². The SMILES string of the molecule is CCNCC[C@H]1CCC(=O)N1Cc1nc(-c2ccccc2)cs1. The second-order valence-electron chi connectivity index (χ2n) is 5.85. The lowest BCUT2D eigenvalue weighted by Crippen LogP contribution is -2.34. The largest absolute Gasteiger partial charge is 0.333 e. The van der Waals surface area contributed by atoms with E-state index in [1.807, 2.05) is 23.1 Å². The van der Waals surface area contributed by atoms with Crippen molar-refractivity contribution in [2.24, 2.45) is 0 Å². The first kappa shape index (κ1) is 16.1. The van der Waals surface area contributed by atoms with Crippen LogP contribution in [0, 0.1) is 0 Å². The fourth-order valence-electron chi connectivity index (χ4n) is 3.03. The summed E-state index contributed by atoms with van der Waals surface area (Å²) in [6.07, 6.45) is 2.67. The quantitative estimate of drug-likeness (QED) is 0.793. The number of hydrogen-bond donors (Lipinski definition) is 1. The van der Waals surface area contributed by atoms with Crippen LogP contribution in [0.2, 0.25) is 0 Å². The van der Waals surface area contributed by atoms with Gasteiger partial charge in [0, 0.05) is 23.4 Å². The number of nitrogens with one attached hydrogen (secondary N) is 1. The lowest BCUT2D eigenvalue weighted by molar-refractivity contribution is -0.129. The average molecular weight is 329 g/mol. The summed E-state index contributed by atoms with van der Waals surface area (Å²) in [6.45, 7) is 4.71. The molecule has 1 aromatic carbocycles. The molecule has 1 atom stereocenters. The van der Waals surface area contributed by atoms with Crippen LogP contribution in [0.5, 0.6) is 0 Å². The van der Waals surface area contributed by atoms with Crippen molar-refractivity contribution in [3.8, 4) is 11.3 Å². The van der Waals surface area contributed by atoms with Crippen molar-refractivity contribution < 1.29 is 4.79 Å². The van der Waals surface area contributed by atoms with Gasteiger partial charge >= 0.3 is 0 Å². The number of amides is 1. The summed E-state index contributed by atoms with van der Waals surface area (Å²) in [5.74, 6) is 0.267. The molecule has 1 aliphatic heterocycles. The molecule has 5 heteroatoms. The minimum Gasteiger partial charge on any atom is -0.333 e. The van der Waals surface area contributed by atoms with Gasteiger partial charge in [0.25, 0.3) is 0 Å². The van der Waals surface area contributed by atoms with Gasteiger partial charge in [-0.05, 0) is 25.9 Å². The van der Waals surface area contributed by atoms with Gasteiger partial charge in [-0.15, -0.1) is 11.3 Å². The summed E-state index contributed by atoms with van der Waals surface area (Å²) in [5.41, 5.74) is 2.13. The number of likely N-dealkylation sites (tertiary alicyclic amines) is 1. The third-order valence-corrected chi connectivity index (χ3v) is 5.12. The second-order valence-corrected chi connectivity index (χ2v) is 6.79. The summed E-state index contributed by atoms with van der Waals surface area (Å²) in [5, 5.41) is 6.45. The predicted octanol–water partition coefficient (Wildman–Crippen LogP) is 3.30. The Morgan fingerprint density at radius 3 is 2.96 bits per heavy atom. The van der Waals surface area contributed by atoms with Crippen molar-refractivity contribution in [1.29, 1.82) is 0 Å². The minimum absolute atomic E-state index is 0.267. The van der Waals surface area contributed by atoms with E-state index >= 15 is 0 Å². The molecule has 4 nitrogen and oxygen atoms in total. The minimum atomic E-state index is 0.267. The van der Waals surface area contributed by atoms with Gasteiger partial charge in [-0.25, -0.2) is 4.98 Å². The van der Waals surface area contributed by atoms with Gasteiger partial charge in [-0.2, -0.15) is 0 Å². The van der Waals surface area contributed by atoms with Crippen molar-refractivity contribution >= 4 is 17.2 Å². The van der Waals surface area contributed by atoms with Gasteiger partial charge in [0.15, 0.2) is 0 Å². The van der Waals surface area contributed by atoms with Crippen LogP contribution in [0.15, 0.2) is 35.7 Å². The van der Waals surface area contributed by atoms with Crippen LogP contribution < -0.4 is 5.32 Å². The molecule has 2 heterocycles. The highest BCUT2D eigenvalue weighted by Gasteiger charge is 2.30. The molecule has 0 radical (unpaired) electrons. The van der Waals surface area contributed by atoms with Gasteiger partial charge in [-0.1, -0.05) is 37.3 Å². The first-order valence-corrected chi connectivity index (χ1v) is 9.16. The Bertz CT molecular complexity index is 641. The van der Waals surface area contributed by atoms with E-state index in [9.17, 15) is 4.79 Å². The maximum absolute atomic E-state index is 12.2. The Balaban J connectivity index is 1.66. The Kier molecular flexibility index (Phi) is 5.41. The van der Waals surface area contributed by atoms with Crippen molar-refractivity contribution in [1.82, 2.24) is 15.2 Å². The van der Waals surface area contributed by atoms with E-state index in [2.05, 4.69) is 29.8 Å². The molecule has 0 bridgehead atoms. The van der Waals surface area contributed by atoms with Crippen LogP contribution in [-0.4, -0.2) is 34.9 Å². The molecule has 1 amide bonds. The fraction of sp³-hybridized carbons (Fsp3) is 0.444. The Hall–Kier alpha value is -1.72. The zero-order chi connectivity index (χ0) is 16.1. The molecular weight excluding hydrogens is 306 g/mol. The summed E-state index contributed by atoms with van der Waals surface area (Å²) >= 11 is 1.64. The number of carbonyl (C=O) groups excluding carboxylic acids is 1. The molecule has 23 heavy (non-hydrogen) atoms. The van der Waals surface area contributed by atoms with Crippen LogP contribution >= 0.6 is 11.3 Å². The normalized spacial score (nSPS) is 17.9. The topological polar surface area (TPSA) is 45.2 Å². The molecule has 1 saturated heterocycles. The predicted molar refractivity (Wildman–Crippen MR) is 94.3 cm³/mol. The van der Waals surface area contributed by atoms with E-state index in [4.69, 9.17) is 4.98 Å². The standard InChI is InChI=1S/C18H23N3OS/c1-2-19-11-10-15-8-9-18(22)21(15)12-17-20-16(13-23-17)14-6-4-3-5-7-14/h3-7,13,15,19H,2,8-12H2,1H3/t15-/m1/s1. The van der Waals surface area contributed by atoms with E-state index in [0.29, 0.717) is 19.0 Å². The lowest BCUT2D eigenvalue weighted by atomic mass is 10.1. The molecule has 3 rings (SSSR count). The van der Waals surface area contributed by atoms with E-state index in [0.717, 1.165) is 42.2 Å². The smallest absolute Gasteiger partial charge is 0.223 e. The maximum Gasteiger partial charge on any atom is 0.223 e. The Labute approximate surface area is 141 Å². The lowest BCUT2D eigenvalue weighted by Gasteiger charge is -2.24. The molecule has 0 unspecified atom stereocenters. The number of rotatable bonds is 7. The first-order valence-electron chi connectivity index (χ1n) is 8.28. The second kappa shape index (κ2) is 7.70. The highest BCUT2D eigenvalue weighted by molar-refractivity contribution is 7.09. The molecule has 0 spiro atoms. The van der Waals surface area contributed by atoms with Gasteiger partial charge in [0.05, 0.1) is 12.2 Å². The zero-order valence-corrected chi connectivity index (χ0v) is 14.3. The van der Waals surface area contributed by atoms with E-state index < -0.39 is 0 Å². The average Bonchev–Trinajstić information content (AvgIpc) is 3.18. The van der Waals surface area contributed by atoms with E-state index in [1.54, 1.807) is 11.3 Å². The number of aromatic nitrogens is 1. The Morgan fingerprint density at radius 2 is 2.17 bits per heavy atom. The van der Waals surface area contributed by atoms with Gasteiger partial charge < -0.3 is 10.2 Å². The van der Waals surface area contributed by atoms with Crippen LogP contribution in [0.25, 0.3) is 11.3 Å². The van der Waals surface area contributed by atoms with Crippen molar-refractivity contribution in [3.63, 3.8) is 0 Å². The molecule has 122 valence electrons. The number of hydrogen-bond acceptors (Lipinski definition) is 4. The zero-order valence-electron chi connectivity index (χ0n) is 13.5. The molecule has 1 N–H and O–H groups in total. The number of benzene rings is 1. The Morgan fingerprint density at radius 1 is 1.35 bits per heavy atom. The summed E-state index contributed by atoms with van der Waals surface area (Å²) < 4.78 is 0. The van der Waals surface area contributed by atoms with Gasteiger partial charge in [0.2, 0.25) is 5.91 Å². The van der Waals surface area contributed by atoms with Gasteiger partial charge in [0.1, 0.15) is 5.01 Å². The number of carbonyl (C=O) groups is 1. The highest BCUT2D eigenvalue weighted by Crippen LogP contribution is 2.27. The van der Waals surface area contributed by atoms with Crippen molar-refractivity contribution in [2.45, 2.75) is 38.8 Å². The number of thiazole rings is 1. The maximum atomic E-state index is 12.2. The molecule has 2 aromatic rings. The third-order valence-electron chi connectivity index (χ3n) is 4.28. The van der Waals surface area contributed by atoms with E-state index in [-0.39, 0.29) is 5.91 Å². The van der Waals surface area contributed by atoms with E-state index in [1.165, 1.54) is 0 Å². The highest BCUT2D eigenvalue weighted by atomic mass is 32.1. The number of nitrogens with zero attached hydrogens (tertiary/aromatic N) is 2. The summed E-state index contributed by atoms with van der Waals surface area (Å²) in [4.78, 5) is 18.9. The first-order chi connectivity index (χ1) is 11.3. The van der Waals surface area contributed by atoms with Crippen molar-refractivity contribution in [2.75, 3.05) is 13.1 Å². The molecule has 1 fully saturated rings. The molecule has 0 saturated carbocycles. The molecule has 1 aliphatic rings. The molecule has 1 aromatic heterocycles. The molecule has 0 aliphatic carbocycles. The van der Waals surface area contributed by atoms with Gasteiger partial charge in [-0.3, -0.25) is 4.79 Å². The third kappa shape index (κ3) is 3.98.